The average Bonchev–Trinajstić information content (AvgIpc) is 3.05. The van der Waals surface area contributed by atoms with Crippen molar-refractivity contribution in [3.63, 3.8) is 0 Å². The minimum Gasteiger partial charge on any atom is -0.315 e. The number of anilines is 1. The molecule has 2 aliphatic heterocycles. The molecule has 1 fully saturated rings. The normalized spacial score (nSPS) is 22.4. The molecule has 0 saturated carbocycles. The van der Waals surface area contributed by atoms with Crippen molar-refractivity contribution in [3.05, 3.63) is 65.2 Å². The molecule has 2 aromatic carbocycles. The number of hydrogen-bond acceptors (Lipinski definition) is 2. The van der Waals surface area contributed by atoms with Crippen LogP contribution in [-0.4, -0.2) is 30.1 Å². The van der Waals surface area contributed by atoms with E-state index >= 15 is 0 Å². The maximum absolute atomic E-state index is 12.8. The minimum atomic E-state index is -0.0104. The SMILES string of the molecule is Cc1cccc2c1CN(C(=O)Nc1ccccc1)C1CNCC21. The number of carbonyl (C=O) groups is 1. The van der Waals surface area contributed by atoms with E-state index in [0.717, 1.165) is 18.8 Å². The highest BCUT2D eigenvalue weighted by molar-refractivity contribution is 5.89. The fourth-order valence-corrected chi connectivity index (χ4v) is 3.82. The highest BCUT2D eigenvalue weighted by Gasteiger charge is 2.40. The number of para-hydroxylation sites is 1. The van der Waals surface area contributed by atoms with Crippen molar-refractivity contribution in [3.8, 4) is 0 Å². The van der Waals surface area contributed by atoms with Gasteiger partial charge in [-0.05, 0) is 35.7 Å². The zero-order valence-corrected chi connectivity index (χ0v) is 13.3. The number of aryl methyl sites for hydroxylation is 1. The predicted molar refractivity (Wildman–Crippen MR) is 91.6 cm³/mol. The summed E-state index contributed by atoms with van der Waals surface area (Å²) in [6.45, 7) is 4.62. The van der Waals surface area contributed by atoms with Crippen LogP contribution in [0.3, 0.4) is 0 Å². The molecule has 4 heteroatoms. The highest BCUT2D eigenvalue weighted by atomic mass is 16.2. The number of nitrogens with zero attached hydrogens (tertiary/aromatic N) is 1. The highest BCUT2D eigenvalue weighted by Crippen LogP contribution is 2.37. The lowest BCUT2D eigenvalue weighted by molar-refractivity contribution is 0.175. The summed E-state index contributed by atoms with van der Waals surface area (Å²) < 4.78 is 0. The maximum Gasteiger partial charge on any atom is 0.322 e. The predicted octanol–water partition coefficient (Wildman–Crippen LogP) is 3.10. The van der Waals surface area contributed by atoms with Crippen LogP contribution in [0.15, 0.2) is 48.5 Å². The third-order valence-corrected chi connectivity index (χ3v) is 5.04. The summed E-state index contributed by atoms with van der Waals surface area (Å²) in [6, 6.07) is 16.4. The number of fused-ring (bicyclic) bond motifs is 3. The quantitative estimate of drug-likeness (QED) is 0.850. The Bertz CT molecular complexity index is 729. The number of hydrogen-bond donors (Lipinski definition) is 2. The molecule has 1 saturated heterocycles. The number of rotatable bonds is 1. The molecule has 23 heavy (non-hydrogen) atoms. The van der Waals surface area contributed by atoms with E-state index in [1.54, 1.807) is 0 Å². The lowest BCUT2D eigenvalue weighted by atomic mass is 9.84. The zero-order valence-electron chi connectivity index (χ0n) is 13.3. The molecule has 2 unspecified atom stereocenters. The Balaban J connectivity index is 1.64. The molecule has 0 spiro atoms. The second kappa shape index (κ2) is 5.70. The minimum absolute atomic E-state index is 0.0104. The molecular formula is C19H21N3O. The third kappa shape index (κ3) is 2.49. The van der Waals surface area contributed by atoms with Crippen LogP contribution >= 0.6 is 0 Å². The van der Waals surface area contributed by atoms with E-state index in [0.29, 0.717) is 12.5 Å². The monoisotopic (exact) mass is 307 g/mol. The molecule has 4 nitrogen and oxygen atoms in total. The van der Waals surface area contributed by atoms with Gasteiger partial charge in [0.25, 0.3) is 0 Å². The summed E-state index contributed by atoms with van der Waals surface area (Å²) in [5.41, 5.74) is 4.82. The Morgan fingerprint density at radius 2 is 1.96 bits per heavy atom. The van der Waals surface area contributed by atoms with Gasteiger partial charge in [-0.1, -0.05) is 36.4 Å². The zero-order chi connectivity index (χ0) is 15.8. The first-order valence-electron chi connectivity index (χ1n) is 8.16. The van der Waals surface area contributed by atoms with Gasteiger partial charge in [0, 0.05) is 31.2 Å². The van der Waals surface area contributed by atoms with Gasteiger partial charge in [0.15, 0.2) is 0 Å². The fourth-order valence-electron chi connectivity index (χ4n) is 3.82. The van der Waals surface area contributed by atoms with E-state index in [2.05, 4.69) is 35.8 Å². The number of carbonyl (C=O) groups excluding carboxylic acids is 1. The Morgan fingerprint density at radius 1 is 1.13 bits per heavy atom. The van der Waals surface area contributed by atoms with Crippen molar-refractivity contribution >= 4 is 11.7 Å². The van der Waals surface area contributed by atoms with Crippen LogP contribution < -0.4 is 10.6 Å². The largest absolute Gasteiger partial charge is 0.322 e. The number of benzene rings is 2. The van der Waals surface area contributed by atoms with Gasteiger partial charge in [0.05, 0.1) is 6.04 Å². The Kier molecular flexibility index (Phi) is 3.54. The second-order valence-electron chi connectivity index (χ2n) is 6.40. The number of amides is 2. The summed E-state index contributed by atoms with van der Waals surface area (Å²) in [5.74, 6) is 0.389. The third-order valence-electron chi connectivity index (χ3n) is 5.04. The standard InChI is InChI=1S/C19H21N3O/c1-13-6-5-9-15-16-10-20-11-18(16)22(12-17(13)15)19(23)21-14-7-3-2-4-8-14/h2-9,16,18,20H,10-12H2,1H3,(H,21,23). The van der Waals surface area contributed by atoms with E-state index in [1.165, 1.54) is 16.7 Å². The molecule has 4 rings (SSSR count). The van der Waals surface area contributed by atoms with E-state index in [-0.39, 0.29) is 12.1 Å². The van der Waals surface area contributed by atoms with E-state index in [9.17, 15) is 4.79 Å². The van der Waals surface area contributed by atoms with Crippen molar-refractivity contribution in [2.75, 3.05) is 18.4 Å². The molecule has 2 amide bonds. The molecule has 0 bridgehead atoms. The Hall–Kier alpha value is -2.33. The number of nitrogens with one attached hydrogen (secondary N) is 2. The van der Waals surface area contributed by atoms with Crippen LogP contribution in [-0.2, 0) is 6.54 Å². The summed E-state index contributed by atoms with van der Waals surface area (Å²) in [5, 5.41) is 6.49. The first-order chi connectivity index (χ1) is 11.2. The van der Waals surface area contributed by atoms with Gasteiger partial charge in [-0.2, -0.15) is 0 Å². The van der Waals surface area contributed by atoms with Crippen LogP contribution in [0.2, 0.25) is 0 Å². The van der Waals surface area contributed by atoms with Gasteiger partial charge < -0.3 is 15.5 Å². The van der Waals surface area contributed by atoms with Crippen molar-refractivity contribution < 1.29 is 4.79 Å². The topological polar surface area (TPSA) is 44.4 Å². The summed E-state index contributed by atoms with van der Waals surface area (Å²) >= 11 is 0. The van der Waals surface area contributed by atoms with Crippen LogP contribution in [0.5, 0.6) is 0 Å². The maximum atomic E-state index is 12.8. The van der Waals surface area contributed by atoms with Gasteiger partial charge >= 0.3 is 6.03 Å². The van der Waals surface area contributed by atoms with Crippen molar-refractivity contribution in [1.82, 2.24) is 10.2 Å². The van der Waals surface area contributed by atoms with Gasteiger partial charge in [-0.25, -0.2) is 4.79 Å². The molecular weight excluding hydrogens is 286 g/mol. The van der Waals surface area contributed by atoms with Crippen LogP contribution in [0.4, 0.5) is 10.5 Å². The molecule has 0 radical (unpaired) electrons. The van der Waals surface area contributed by atoms with E-state index in [4.69, 9.17) is 0 Å². The van der Waals surface area contributed by atoms with Gasteiger partial charge in [0.2, 0.25) is 0 Å². The Morgan fingerprint density at radius 3 is 2.78 bits per heavy atom. The fraction of sp³-hybridized carbons (Fsp3) is 0.316. The second-order valence-corrected chi connectivity index (χ2v) is 6.40. The first kappa shape index (κ1) is 14.3. The van der Waals surface area contributed by atoms with Gasteiger partial charge in [0.1, 0.15) is 0 Å². The molecule has 2 N–H and O–H groups in total. The molecule has 2 atom stereocenters. The Labute approximate surface area is 136 Å². The van der Waals surface area contributed by atoms with Crippen LogP contribution in [0.1, 0.15) is 22.6 Å². The molecule has 118 valence electrons. The molecule has 2 aromatic rings. The van der Waals surface area contributed by atoms with E-state index < -0.39 is 0 Å². The van der Waals surface area contributed by atoms with Crippen molar-refractivity contribution in [1.29, 1.82) is 0 Å². The summed E-state index contributed by atoms with van der Waals surface area (Å²) in [6.07, 6.45) is 0. The van der Waals surface area contributed by atoms with Crippen LogP contribution in [0.25, 0.3) is 0 Å². The average molecular weight is 307 g/mol. The smallest absolute Gasteiger partial charge is 0.315 e. The lowest BCUT2D eigenvalue weighted by Gasteiger charge is -2.39. The van der Waals surface area contributed by atoms with Crippen LogP contribution in [0, 0.1) is 6.92 Å². The number of urea groups is 1. The summed E-state index contributed by atoms with van der Waals surface area (Å²) in [4.78, 5) is 14.8. The summed E-state index contributed by atoms with van der Waals surface area (Å²) in [7, 11) is 0. The van der Waals surface area contributed by atoms with Gasteiger partial charge in [-0.15, -0.1) is 0 Å². The van der Waals surface area contributed by atoms with Crippen molar-refractivity contribution in [2.45, 2.75) is 25.4 Å². The molecule has 0 aliphatic carbocycles. The molecule has 2 aliphatic rings. The van der Waals surface area contributed by atoms with Crippen molar-refractivity contribution in [2.24, 2.45) is 0 Å². The first-order valence-corrected chi connectivity index (χ1v) is 8.16. The lowest BCUT2D eigenvalue weighted by Crippen LogP contribution is -2.48. The van der Waals surface area contributed by atoms with Gasteiger partial charge in [-0.3, -0.25) is 0 Å². The van der Waals surface area contributed by atoms with E-state index in [1.807, 2.05) is 35.2 Å². The molecule has 2 heterocycles. The molecule has 0 aromatic heterocycles.